The summed E-state index contributed by atoms with van der Waals surface area (Å²) in [6, 6.07) is 8.33. The Hall–Kier alpha value is -1.81. The van der Waals surface area contributed by atoms with Crippen molar-refractivity contribution in [3.63, 3.8) is 0 Å². The third-order valence-electron chi connectivity index (χ3n) is 2.68. The molecule has 0 bridgehead atoms. The van der Waals surface area contributed by atoms with Gasteiger partial charge in [-0.2, -0.15) is 0 Å². The molecule has 0 unspecified atom stereocenters. The molecule has 0 aliphatic heterocycles. The van der Waals surface area contributed by atoms with E-state index in [2.05, 4.69) is 36.3 Å². The smallest absolute Gasteiger partial charge is 0.240 e. The van der Waals surface area contributed by atoms with Crippen LogP contribution >= 0.6 is 0 Å². The zero-order valence-electron chi connectivity index (χ0n) is 11.0. The van der Waals surface area contributed by atoms with Crippen molar-refractivity contribution in [1.82, 2.24) is 9.78 Å². The first kappa shape index (κ1) is 12.6. The minimum absolute atomic E-state index is 0.506. The van der Waals surface area contributed by atoms with E-state index in [4.69, 9.17) is 9.47 Å². The number of rotatable bonds is 5. The van der Waals surface area contributed by atoms with Crippen molar-refractivity contribution in [2.45, 2.75) is 6.92 Å². The summed E-state index contributed by atoms with van der Waals surface area (Å²) in [7, 11) is 3.55. The number of nitrogens with zero attached hydrogens (tertiary/aromatic N) is 2. The van der Waals surface area contributed by atoms with Crippen molar-refractivity contribution >= 4 is 0 Å². The summed E-state index contributed by atoms with van der Waals surface area (Å²) in [6.07, 6.45) is 1.97. The number of aryl methyl sites for hydroxylation is 2. The number of benzene rings is 1. The van der Waals surface area contributed by atoms with Gasteiger partial charge in [0, 0.05) is 20.4 Å². The second-order valence-electron chi connectivity index (χ2n) is 4.23. The van der Waals surface area contributed by atoms with Crippen LogP contribution in [0.1, 0.15) is 5.56 Å². The molecule has 0 aliphatic carbocycles. The van der Waals surface area contributed by atoms with Crippen molar-refractivity contribution in [3.05, 3.63) is 36.0 Å². The number of methoxy groups -OCH3 is 1. The van der Waals surface area contributed by atoms with E-state index in [1.807, 2.05) is 13.2 Å². The average Bonchev–Trinajstić information content (AvgIpc) is 2.72. The molecular weight excluding hydrogens is 228 g/mol. The Morgan fingerprint density at radius 2 is 1.89 bits per heavy atom. The number of aromatic nitrogens is 2. The highest BCUT2D eigenvalue weighted by atomic mass is 16.5. The summed E-state index contributed by atoms with van der Waals surface area (Å²) in [5, 5.41) is 4.32. The quantitative estimate of drug-likeness (QED) is 0.760. The van der Waals surface area contributed by atoms with E-state index < -0.39 is 0 Å². The lowest BCUT2D eigenvalue weighted by atomic mass is 10.1. The Kier molecular flexibility index (Phi) is 3.99. The zero-order chi connectivity index (χ0) is 13.0. The van der Waals surface area contributed by atoms with Crippen molar-refractivity contribution in [1.29, 1.82) is 0 Å². The third-order valence-corrected chi connectivity index (χ3v) is 2.68. The van der Waals surface area contributed by atoms with Crippen LogP contribution in [0.25, 0.3) is 11.1 Å². The highest BCUT2D eigenvalue weighted by molar-refractivity contribution is 5.68. The average molecular weight is 246 g/mol. The fraction of sp³-hybridized carbons (Fsp3) is 0.357. The van der Waals surface area contributed by atoms with Gasteiger partial charge >= 0.3 is 0 Å². The molecule has 96 valence electrons. The van der Waals surface area contributed by atoms with E-state index in [1.54, 1.807) is 11.8 Å². The Morgan fingerprint density at radius 3 is 2.56 bits per heavy atom. The zero-order valence-corrected chi connectivity index (χ0v) is 11.0. The van der Waals surface area contributed by atoms with E-state index in [1.165, 1.54) is 5.56 Å². The summed E-state index contributed by atoms with van der Waals surface area (Å²) in [5.41, 5.74) is 3.36. The Morgan fingerprint density at radius 1 is 1.17 bits per heavy atom. The van der Waals surface area contributed by atoms with E-state index in [9.17, 15) is 0 Å². The number of hydrogen-bond donors (Lipinski definition) is 0. The molecule has 4 nitrogen and oxygen atoms in total. The summed E-state index contributed by atoms with van der Waals surface area (Å²) < 4.78 is 12.4. The lowest BCUT2D eigenvalue weighted by molar-refractivity contribution is 0.143. The molecule has 2 rings (SSSR count). The van der Waals surface area contributed by atoms with Crippen molar-refractivity contribution in [2.24, 2.45) is 7.05 Å². The second kappa shape index (κ2) is 5.69. The molecule has 0 radical (unpaired) electrons. The maximum atomic E-state index is 5.63. The molecule has 1 aromatic heterocycles. The van der Waals surface area contributed by atoms with Crippen LogP contribution in [0.3, 0.4) is 0 Å². The lowest BCUT2D eigenvalue weighted by Crippen LogP contribution is -2.05. The maximum Gasteiger partial charge on any atom is 0.240 e. The maximum absolute atomic E-state index is 5.63. The van der Waals surface area contributed by atoms with Crippen LogP contribution < -0.4 is 4.74 Å². The van der Waals surface area contributed by atoms with Crippen molar-refractivity contribution in [2.75, 3.05) is 20.3 Å². The van der Waals surface area contributed by atoms with Gasteiger partial charge < -0.3 is 9.47 Å². The molecule has 0 spiro atoms. The molecule has 0 fully saturated rings. The molecule has 4 heteroatoms. The normalized spacial score (nSPS) is 10.6. The Bertz CT molecular complexity index is 503. The minimum atomic E-state index is 0.506. The first-order valence-electron chi connectivity index (χ1n) is 5.93. The number of hydrogen-bond acceptors (Lipinski definition) is 3. The molecule has 2 aromatic rings. The van der Waals surface area contributed by atoms with E-state index in [0.29, 0.717) is 19.1 Å². The van der Waals surface area contributed by atoms with Crippen LogP contribution in [0, 0.1) is 6.92 Å². The van der Waals surface area contributed by atoms with E-state index in [-0.39, 0.29) is 0 Å². The highest BCUT2D eigenvalue weighted by Crippen LogP contribution is 2.28. The van der Waals surface area contributed by atoms with Crippen LogP contribution in [-0.2, 0) is 11.8 Å². The fourth-order valence-corrected chi connectivity index (χ4v) is 1.73. The van der Waals surface area contributed by atoms with Gasteiger partial charge in [-0.05, 0) is 12.5 Å². The SMILES string of the molecule is COCCOc1nn(C)cc1-c1ccc(C)cc1. The monoisotopic (exact) mass is 246 g/mol. The summed E-state index contributed by atoms with van der Waals surface area (Å²) in [4.78, 5) is 0. The molecule has 0 aliphatic rings. The molecule has 1 heterocycles. The molecule has 0 saturated carbocycles. The summed E-state index contributed by atoms with van der Waals surface area (Å²) in [5.74, 6) is 0.651. The molecule has 0 amide bonds. The van der Waals surface area contributed by atoms with Crippen LogP contribution in [0.15, 0.2) is 30.5 Å². The van der Waals surface area contributed by atoms with E-state index >= 15 is 0 Å². The topological polar surface area (TPSA) is 36.3 Å². The van der Waals surface area contributed by atoms with Gasteiger partial charge in [0.15, 0.2) is 0 Å². The molecule has 18 heavy (non-hydrogen) atoms. The van der Waals surface area contributed by atoms with Gasteiger partial charge in [-0.15, -0.1) is 5.10 Å². The fourth-order valence-electron chi connectivity index (χ4n) is 1.73. The van der Waals surface area contributed by atoms with Crippen LogP contribution in [0.5, 0.6) is 5.88 Å². The molecule has 0 N–H and O–H groups in total. The molecular formula is C14H18N2O2. The summed E-state index contributed by atoms with van der Waals surface area (Å²) >= 11 is 0. The second-order valence-corrected chi connectivity index (χ2v) is 4.23. The predicted molar refractivity (Wildman–Crippen MR) is 70.8 cm³/mol. The van der Waals surface area contributed by atoms with Gasteiger partial charge in [-0.3, -0.25) is 4.68 Å². The van der Waals surface area contributed by atoms with Crippen LogP contribution in [-0.4, -0.2) is 30.1 Å². The third kappa shape index (κ3) is 2.90. The lowest BCUT2D eigenvalue weighted by Gasteiger charge is -2.05. The predicted octanol–water partition coefficient (Wildman–Crippen LogP) is 2.42. The van der Waals surface area contributed by atoms with Gasteiger partial charge in [0.1, 0.15) is 6.61 Å². The first-order chi connectivity index (χ1) is 8.70. The van der Waals surface area contributed by atoms with Crippen LogP contribution in [0.4, 0.5) is 0 Å². The summed E-state index contributed by atoms with van der Waals surface area (Å²) in [6.45, 7) is 3.14. The van der Waals surface area contributed by atoms with E-state index in [0.717, 1.165) is 11.1 Å². The minimum Gasteiger partial charge on any atom is -0.474 e. The Labute approximate surface area is 107 Å². The highest BCUT2D eigenvalue weighted by Gasteiger charge is 2.10. The van der Waals surface area contributed by atoms with Gasteiger partial charge in [-0.25, -0.2) is 0 Å². The Balaban J connectivity index is 2.23. The van der Waals surface area contributed by atoms with Crippen LogP contribution in [0.2, 0.25) is 0 Å². The van der Waals surface area contributed by atoms with Crippen molar-refractivity contribution < 1.29 is 9.47 Å². The first-order valence-corrected chi connectivity index (χ1v) is 5.93. The largest absolute Gasteiger partial charge is 0.474 e. The molecule has 1 aromatic carbocycles. The molecule has 0 saturated heterocycles. The van der Waals surface area contributed by atoms with Crippen molar-refractivity contribution in [3.8, 4) is 17.0 Å². The van der Waals surface area contributed by atoms with Gasteiger partial charge in [0.05, 0.1) is 12.2 Å². The standard InChI is InChI=1S/C14H18N2O2/c1-11-4-6-12(7-5-11)13-10-16(2)15-14(13)18-9-8-17-3/h4-7,10H,8-9H2,1-3H3. The van der Waals surface area contributed by atoms with Gasteiger partial charge in [-0.1, -0.05) is 29.8 Å². The van der Waals surface area contributed by atoms with Gasteiger partial charge in [0.25, 0.3) is 0 Å². The number of ether oxygens (including phenoxy) is 2. The molecule has 0 atom stereocenters. The van der Waals surface area contributed by atoms with Gasteiger partial charge in [0.2, 0.25) is 5.88 Å².